The van der Waals surface area contributed by atoms with Crippen LogP contribution in [0, 0.1) is 0 Å². The second-order valence-electron chi connectivity index (χ2n) is 10.2. The Morgan fingerprint density at radius 3 is 1.21 bits per heavy atom. The first kappa shape index (κ1) is 45.2. The molecule has 0 spiro atoms. The summed E-state index contributed by atoms with van der Waals surface area (Å²) in [5.41, 5.74) is -1.63. The average Bonchev–Trinajstić information content (AvgIpc) is 3.03. The molecule has 0 heterocycles. The minimum Gasteiger partial charge on any atom is -0.545 e. The predicted octanol–water partition coefficient (Wildman–Crippen LogP) is -8.66. The summed E-state index contributed by atoms with van der Waals surface area (Å²) in [6, 6.07) is 18.7. The summed E-state index contributed by atoms with van der Waals surface area (Å²) < 4.78 is 87.7. The summed E-state index contributed by atoms with van der Waals surface area (Å²) in [5.74, 6) is -4.75. The number of sulfonamides is 3. The molecule has 0 fully saturated rings. The molecule has 252 valence electrons. The van der Waals surface area contributed by atoms with Gasteiger partial charge in [-0.15, -0.1) is 0 Å². The van der Waals surface area contributed by atoms with Crippen molar-refractivity contribution in [3.8, 4) is 0 Å². The van der Waals surface area contributed by atoms with Gasteiger partial charge in [0.1, 0.15) is 0 Å². The quantitative estimate of drug-likeness (QED) is 0.0996. The number of carbonyl (C=O) groups excluding carboxylic acids is 3. The number of fused-ring (bicyclic) bond motifs is 1. The van der Waals surface area contributed by atoms with E-state index in [1.54, 1.807) is 0 Å². The first-order valence-corrected chi connectivity index (χ1v) is 18.0. The Labute approximate surface area is 363 Å². The fourth-order valence-electron chi connectivity index (χ4n) is 4.60. The summed E-state index contributed by atoms with van der Waals surface area (Å²) >= 11 is 0. The van der Waals surface area contributed by atoms with Gasteiger partial charge in [0.05, 0.1) is 32.6 Å². The van der Waals surface area contributed by atoms with Gasteiger partial charge < -0.3 is 29.7 Å². The number of aromatic carboxylic acids is 3. The molecule has 0 saturated carbocycles. The molecule has 5 aromatic carbocycles. The molecule has 0 radical (unpaired) electrons. The number of hydrogen-bond acceptors (Lipinski definition) is 12. The van der Waals surface area contributed by atoms with Crippen molar-refractivity contribution >= 4 is 75.8 Å². The van der Waals surface area contributed by atoms with Crippen LogP contribution in [-0.2, 0) is 30.1 Å². The first-order chi connectivity index (χ1) is 22.9. The number of nitrogens with one attached hydrogen (secondary N) is 3. The van der Waals surface area contributed by atoms with Gasteiger partial charge in [0.2, 0.25) is 0 Å². The molecule has 0 amide bonds. The van der Waals surface area contributed by atoms with E-state index in [0.717, 1.165) is 60.7 Å². The van der Waals surface area contributed by atoms with Gasteiger partial charge in [-0.25, -0.2) is 25.3 Å². The Kier molecular flexibility index (Phi) is 15.5. The topological polar surface area (TPSA) is 259 Å². The Morgan fingerprint density at radius 1 is 0.442 bits per heavy atom. The van der Waals surface area contributed by atoms with Crippen LogP contribution in [0.25, 0.3) is 10.8 Å². The summed E-state index contributed by atoms with van der Waals surface area (Å²) in [5, 5.41) is 33.5. The Morgan fingerprint density at radius 2 is 0.808 bits per heavy atom. The van der Waals surface area contributed by atoms with E-state index in [2.05, 4.69) is 14.2 Å². The van der Waals surface area contributed by atoms with Crippen LogP contribution in [0.2, 0.25) is 0 Å². The Bertz CT molecular complexity index is 2530. The number of anilines is 3. The van der Waals surface area contributed by atoms with Crippen molar-refractivity contribution in [2.45, 2.75) is 14.7 Å². The molecule has 0 saturated heterocycles. The van der Waals surface area contributed by atoms with Crippen LogP contribution in [0.15, 0.2) is 118 Å². The van der Waals surface area contributed by atoms with Gasteiger partial charge in [-0.1, -0.05) is 42.5 Å². The molecule has 0 aliphatic carbocycles. The zero-order valence-corrected chi connectivity index (χ0v) is 35.9. The maximum Gasteiger partial charge on any atom is 1.00 e. The van der Waals surface area contributed by atoms with Gasteiger partial charge in [-0.2, -0.15) is 0 Å². The van der Waals surface area contributed by atoms with Crippen molar-refractivity contribution in [1.82, 2.24) is 0 Å². The molecule has 21 heteroatoms. The molecular weight excluding hydrogens is 772 g/mol. The number of carboxylic acid groups (broad SMARTS) is 3. The summed E-state index contributed by atoms with van der Waals surface area (Å²) in [7, 11) is -13.9. The minimum atomic E-state index is -4.73. The monoisotopic (exact) mass is 791 g/mol. The zero-order chi connectivity index (χ0) is 35.7. The van der Waals surface area contributed by atoms with E-state index < -0.39 is 62.7 Å². The average molecular weight is 792 g/mol. The van der Waals surface area contributed by atoms with E-state index in [1.165, 1.54) is 42.5 Å². The van der Waals surface area contributed by atoms with Crippen molar-refractivity contribution in [2.75, 3.05) is 14.2 Å². The molecule has 52 heavy (non-hydrogen) atoms. The van der Waals surface area contributed by atoms with E-state index in [9.17, 15) is 55.0 Å². The largest absolute Gasteiger partial charge is 1.00 e. The van der Waals surface area contributed by atoms with Crippen LogP contribution in [0.3, 0.4) is 0 Å². The number of carbonyl (C=O) groups is 3. The van der Waals surface area contributed by atoms with Gasteiger partial charge in [0.15, 0.2) is 0 Å². The standard InChI is InChI=1S/C31H23N3O12S3.3Na/c35-29(36)18-4-1-7-22(12-18)32-47(41,42)25-10-11-27-21(15-25)16-26(48(43,44)33-23-8-2-5-19(13-23)30(37)38)17-28(27)49(45,46)34-24-9-3-6-20(14-24)31(39)40;;;/h1-17,32-34H,(H,35,36)(H,37,38)(H,39,40);;;/q;3*+1/p-3. The van der Waals surface area contributed by atoms with Crippen LogP contribution in [-0.4, -0.2) is 43.2 Å². The smallest absolute Gasteiger partial charge is 0.545 e. The maximum atomic E-state index is 13.7. The van der Waals surface area contributed by atoms with Gasteiger partial charge in [-0.3, -0.25) is 14.2 Å². The van der Waals surface area contributed by atoms with Gasteiger partial charge in [0, 0.05) is 22.4 Å². The summed E-state index contributed by atoms with van der Waals surface area (Å²) in [6.07, 6.45) is 0. The van der Waals surface area contributed by atoms with E-state index in [4.69, 9.17) is 0 Å². The Hall–Kier alpha value is -2.98. The third-order valence-electron chi connectivity index (χ3n) is 6.82. The molecule has 5 rings (SSSR count). The Balaban J connectivity index is 0.00000312. The van der Waals surface area contributed by atoms with Crippen molar-refractivity contribution in [3.05, 3.63) is 120 Å². The molecule has 3 N–H and O–H groups in total. The normalized spacial score (nSPS) is 11.2. The summed E-state index contributed by atoms with van der Waals surface area (Å²) in [6.45, 7) is 0. The second kappa shape index (κ2) is 17.9. The number of carboxylic acids is 3. The van der Waals surface area contributed by atoms with Crippen molar-refractivity contribution < 1.29 is 144 Å². The van der Waals surface area contributed by atoms with Gasteiger partial charge >= 0.3 is 88.7 Å². The second-order valence-corrected chi connectivity index (χ2v) is 15.2. The van der Waals surface area contributed by atoms with Gasteiger partial charge in [0.25, 0.3) is 30.1 Å². The van der Waals surface area contributed by atoms with E-state index in [-0.39, 0.29) is 133 Å². The minimum absolute atomic E-state index is 0. The molecular formula is C31H20N3Na3O12S3. The fraction of sp³-hybridized carbons (Fsp3) is 0. The molecule has 0 unspecified atom stereocenters. The van der Waals surface area contributed by atoms with Crippen LogP contribution in [0.5, 0.6) is 0 Å². The third-order valence-corrected chi connectivity index (χ3v) is 11.0. The number of rotatable bonds is 12. The SMILES string of the molecule is O=C([O-])c1cccc(NS(=O)(=O)c2ccc3c(S(=O)(=O)Nc4cccc(C(=O)[O-])c4)cc(S(=O)(=O)Nc4cccc(C(=O)[O-])c4)cc3c2)c1.[Na+].[Na+].[Na+]. The van der Waals surface area contributed by atoms with Crippen molar-refractivity contribution in [1.29, 1.82) is 0 Å². The molecule has 0 atom stereocenters. The van der Waals surface area contributed by atoms with E-state index in [0.29, 0.717) is 0 Å². The molecule has 0 aliphatic heterocycles. The van der Waals surface area contributed by atoms with Crippen molar-refractivity contribution in [3.63, 3.8) is 0 Å². The first-order valence-electron chi connectivity index (χ1n) is 13.6. The van der Waals surface area contributed by atoms with Crippen LogP contribution in [0.1, 0.15) is 31.1 Å². The molecule has 5 aromatic rings. The number of benzene rings is 5. The van der Waals surface area contributed by atoms with Crippen LogP contribution < -0.4 is 118 Å². The number of hydrogen-bond donors (Lipinski definition) is 3. The summed E-state index contributed by atoms with van der Waals surface area (Å²) in [4.78, 5) is 32.0. The molecule has 0 aromatic heterocycles. The zero-order valence-electron chi connectivity index (χ0n) is 27.4. The predicted molar refractivity (Wildman–Crippen MR) is 169 cm³/mol. The third kappa shape index (κ3) is 10.6. The van der Waals surface area contributed by atoms with Crippen molar-refractivity contribution in [2.24, 2.45) is 0 Å². The van der Waals surface area contributed by atoms with Gasteiger partial charge in [-0.05, 0) is 82.7 Å². The van der Waals surface area contributed by atoms with Crippen LogP contribution in [0.4, 0.5) is 17.1 Å². The van der Waals surface area contributed by atoms with E-state index >= 15 is 0 Å². The maximum absolute atomic E-state index is 13.7. The molecule has 0 bridgehead atoms. The van der Waals surface area contributed by atoms with Crippen LogP contribution >= 0.6 is 0 Å². The fourth-order valence-corrected chi connectivity index (χ4v) is 8.17. The molecule has 0 aliphatic rings. The van der Waals surface area contributed by atoms with E-state index in [1.807, 2.05) is 0 Å². The molecule has 15 nitrogen and oxygen atoms in total.